The topological polar surface area (TPSA) is 117 Å². The van der Waals surface area contributed by atoms with Crippen molar-refractivity contribution in [1.82, 2.24) is 15.1 Å². The van der Waals surface area contributed by atoms with E-state index in [1.807, 2.05) is 19.1 Å². The number of aryl methyl sites for hydroxylation is 1. The molecule has 3 aromatic rings. The minimum Gasteiger partial charge on any atom is -0.496 e. The van der Waals surface area contributed by atoms with Crippen LogP contribution in [0, 0.1) is 12.8 Å². The van der Waals surface area contributed by atoms with Gasteiger partial charge >= 0.3 is 0 Å². The van der Waals surface area contributed by atoms with E-state index in [4.69, 9.17) is 19.7 Å². The number of rotatable bonds is 9. The normalized spacial score (nSPS) is 12.2. The van der Waals surface area contributed by atoms with Crippen molar-refractivity contribution in [3.05, 3.63) is 41.7 Å². The van der Waals surface area contributed by atoms with Crippen LogP contribution in [0.25, 0.3) is 22.8 Å². The van der Waals surface area contributed by atoms with Crippen molar-refractivity contribution in [1.29, 1.82) is 0 Å². The molecule has 3 rings (SSSR count). The number of methoxy groups -OCH3 is 1. The second kappa shape index (κ2) is 9.69. The van der Waals surface area contributed by atoms with Gasteiger partial charge in [-0.05, 0) is 43.5 Å². The SMILES string of the molecule is COc1cc(OCC(O)CN)ccc1-c1noc(-c2cc(C)nc(CC(C)C)c2)n1. The first-order valence-electron chi connectivity index (χ1n) is 9.90. The van der Waals surface area contributed by atoms with Gasteiger partial charge in [0, 0.05) is 29.6 Å². The summed E-state index contributed by atoms with van der Waals surface area (Å²) in [6.45, 7) is 6.50. The van der Waals surface area contributed by atoms with E-state index in [-0.39, 0.29) is 13.2 Å². The van der Waals surface area contributed by atoms with Gasteiger partial charge in [0.1, 0.15) is 24.2 Å². The van der Waals surface area contributed by atoms with Crippen LogP contribution in [0.3, 0.4) is 0 Å². The Morgan fingerprint density at radius 3 is 2.67 bits per heavy atom. The second-order valence-corrected chi connectivity index (χ2v) is 7.57. The van der Waals surface area contributed by atoms with Crippen molar-refractivity contribution in [3.63, 3.8) is 0 Å². The van der Waals surface area contributed by atoms with Crippen molar-refractivity contribution in [2.75, 3.05) is 20.3 Å². The highest BCUT2D eigenvalue weighted by Crippen LogP contribution is 2.33. The van der Waals surface area contributed by atoms with Crippen LogP contribution in [0.4, 0.5) is 0 Å². The van der Waals surface area contributed by atoms with Crippen molar-refractivity contribution < 1.29 is 19.1 Å². The zero-order valence-electron chi connectivity index (χ0n) is 17.8. The Morgan fingerprint density at radius 2 is 1.97 bits per heavy atom. The van der Waals surface area contributed by atoms with Crippen LogP contribution in [-0.4, -0.2) is 46.6 Å². The van der Waals surface area contributed by atoms with Crippen LogP contribution in [0.5, 0.6) is 11.5 Å². The number of benzene rings is 1. The predicted octanol–water partition coefficient (Wildman–Crippen LogP) is 3.01. The van der Waals surface area contributed by atoms with Gasteiger partial charge in [-0.15, -0.1) is 0 Å². The lowest BCUT2D eigenvalue weighted by atomic mass is 10.1. The lowest BCUT2D eigenvalue weighted by Gasteiger charge is -2.12. The Hall–Kier alpha value is -2.97. The molecule has 0 saturated heterocycles. The van der Waals surface area contributed by atoms with Gasteiger partial charge in [0.2, 0.25) is 5.82 Å². The first-order chi connectivity index (χ1) is 14.4. The highest BCUT2D eigenvalue weighted by Gasteiger charge is 2.17. The Bertz CT molecular complexity index is 987. The van der Waals surface area contributed by atoms with Crippen molar-refractivity contribution in [2.45, 2.75) is 33.3 Å². The number of ether oxygens (including phenoxy) is 2. The molecule has 0 aliphatic heterocycles. The molecule has 0 fully saturated rings. The standard InChI is InChI=1S/C22H28N4O4/c1-13(2)7-16-9-15(8-14(3)24-16)22-25-21(26-30-22)19-6-5-18(10-20(19)28-4)29-12-17(27)11-23/h5-6,8-10,13,17,27H,7,11-12,23H2,1-4H3. The Balaban J connectivity index is 1.86. The zero-order chi connectivity index (χ0) is 21.7. The lowest BCUT2D eigenvalue weighted by Crippen LogP contribution is -2.26. The van der Waals surface area contributed by atoms with E-state index in [2.05, 4.69) is 29.0 Å². The number of nitrogens with two attached hydrogens (primary N) is 1. The number of hydrogen-bond acceptors (Lipinski definition) is 8. The molecule has 0 saturated carbocycles. The summed E-state index contributed by atoms with van der Waals surface area (Å²) < 4.78 is 16.5. The largest absolute Gasteiger partial charge is 0.496 e. The number of aliphatic hydroxyl groups excluding tert-OH is 1. The third kappa shape index (κ3) is 5.34. The van der Waals surface area contributed by atoms with Crippen LogP contribution in [0.2, 0.25) is 0 Å². The number of nitrogens with zero attached hydrogens (tertiary/aromatic N) is 3. The van der Waals surface area contributed by atoms with E-state index < -0.39 is 6.10 Å². The Kier molecular flexibility index (Phi) is 7.02. The van der Waals surface area contributed by atoms with Crippen LogP contribution in [0.15, 0.2) is 34.9 Å². The molecule has 1 unspecified atom stereocenters. The van der Waals surface area contributed by atoms with Crippen LogP contribution >= 0.6 is 0 Å². The molecule has 0 amide bonds. The average Bonchev–Trinajstić information content (AvgIpc) is 3.20. The number of aliphatic hydroxyl groups is 1. The van der Waals surface area contributed by atoms with Gasteiger partial charge in [-0.2, -0.15) is 4.98 Å². The monoisotopic (exact) mass is 412 g/mol. The van der Waals surface area contributed by atoms with Crippen LogP contribution in [0.1, 0.15) is 25.2 Å². The molecule has 1 atom stereocenters. The third-order valence-corrected chi connectivity index (χ3v) is 4.43. The van der Waals surface area contributed by atoms with Gasteiger partial charge < -0.3 is 24.8 Å². The maximum atomic E-state index is 9.56. The minimum absolute atomic E-state index is 0.103. The molecule has 160 valence electrons. The van der Waals surface area contributed by atoms with E-state index in [1.165, 1.54) is 0 Å². The van der Waals surface area contributed by atoms with E-state index >= 15 is 0 Å². The van der Waals surface area contributed by atoms with Gasteiger partial charge in [-0.25, -0.2) is 0 Å². The minimum atomic E-state index is -0.722. The molecule has 3 N–H and O–H groups in total. The molecule has 2 aromatic heterocycles. The molecule has 30 heavy (non-hydrogen) atoms. The molecule has 2 heterocycles. The van der Waals surface area contributed by atoms with Crippen LogP contribution in [-0.2, 0) is 6.42 Å². The van der Waals surface area contributed by atoms with E-state index in [9.17, 15) is 5.11 Å². The van der Waals surface area contributed by atoms with E-state index in [1.54, 1.807) is 25.3 Å². The first kappa shape index (κ1) is 21.7. The molecular formula is C22H28N4O4. The fourth-order valence-electron chi connectivity index (χ4n) is 3.04. The predicted molar refractivity (Wildman–Crippen MR) is 113 cm³/mol. The summed E-state index contributed by atoms with van der Waals surface area (Å²) in [4.78, 5) is 9.14. The van der Waals surface area contributed by atoms with Gasteiger partial charge in [-0.3, -0.25) is 4.98 Å². The zero-order valence-corrected chi connectivity index (χ0v) is 17.8. The van der Waals surface area contributed by atoms with Gasteiger partial charge in [0.05, 0.1) is 12.7 Å². The summed E-state index contributed by atoms with van der Waals surface area (Å²) in [5.74, 6) is 2.42. The van der Waals surface area contributed by atoms with Gasteiger partial charge in [0.25, 0.3) is 5.89 Å². The fourth-order valence-corrected chi connectivity index (χ4v) is 3.04. The number of aromatic nitrogens is 3. The summed E-state index contributed by atoms with van der Waals surface area (Å²) in [5.41, 5.74) is 8.82. The molecule has 8 heteroatoms. The number of hydrogen-bond donors (Lipinski definition) is 2. The van der Waals surface area contributed by atoms with Gasteiger partial charge in [-0.1, -0.05) is 19.0 Å². The molecule has 0 radical (unpaired) electrons. The molecule has 1 aromatic carbocycles. The summed E-state index contributed by atoms with van der Waals surface area (Å²) in [6.07, 6.45) is 0.156. The molecular weight excluding hydrogens is 384 g/mol. The summed E-state index contributed by atoms with van der Waals surface area (Å²) >= 11 is 0. The molecule has 0 spiro atoms. The van der Waals surface area contributed by atoms with E-state index in [0.29, 0.717) is 34.7 Å². The fraction of sp³-hybridized carbons (Fsp3) is 0.409. The number of pyridine rings is 1. The van der Waals surface area contributed by atoms with Crippen molar-refractivity contribution in [3.8, 4) is 34.3 Å². The maximum Gasteiger partial charge on any atom is 0.258 e. The summed E-state index contributed by atoms with van der Waals surface area (Å²) in [7, 11) is 1.56. The maximum absolute atomic E-state index is 9.56. The molecule has 0 aliphatic carbocycles. The van der Waals surface area contributed by atoms with Crippen molar-refractivity contribution >= 4 is 0 Å². The van der Waals surface area contributed by atoms with Crippen molar-refractivity contribution in [2.24, 2.45) is 11.7 Å². The quantitative estimate of drug-likeness (QED) is 0.551. The van der Waals surface area contributed by atoms with E-state index in [0.717, 1.165) is 23.4 Å². The highest BCUT2D eigenvalue weighted by atomic mass is 16.5. The molecule has 0 aliphatic rings. The summed E-state index contributed by atoms with van der Waals surface area (Å²) in [6, 6.07) is 9.18. The summed E-state index contributed by atoms with van der Waals surface area (Å²) in [5, 5.41) is 13.7. The smallest absolute Gasteiger partial charge is 0.258 e. The third-order valence-electron chi connectivity index (χ3n) is 4.43. The first-order valence-corrected chi connectivity index (χ1v) is 9.90. The highest BCUT2D eigenvalue weighted by molar-refractivity contribution is 5.67. The molecule has 8 nitrogen and oxygen atoms in total. The van der Waals surface area contributed by atoms with Crippen LogP contribution < -0.4 is 15.2 Å². The average molecular weight is 412 g/mol. The Morgan fingerprint density at radius 1 is 1.17 bits per heavy atom. The Labute approximate surface area is 176 Å². The van der Waals surface area contributed by atoms with Gasteiger partial charge in [0.15, 0.2) is 0 Å². The molecule has 0 bridgehead atoms. The second-order valence-electron chi connectivity index (χ2n) is 7.57. The lowest BCUT2D eigenvalue weighted by molar-refractivity contribution is 0.114.